The number of hydrogen-bond donors (Lipinski definition) is 2. The Kier molecular flexibility index (Phi) is 7.40. The van der Waals surface area contributed by atoms with Crippen LogP contribution in [-0.2, 0) is 20.9 Å². The molecule has 138 valence electrons. The van der Waals surface area contributed by atoms with E-state index in [4.69, 9.17) is 9.84 Å². The van der Waals surface area contributed by atoms with Crippen LogP contribution in [0.25, 0.3) is 0 Å². The van der Waals surface area contributed by atoms with E-state index in [-0.39, 0.29) is 30.9 Å². The summed E-state index contributed by atoms with van der Waals surface area (Å²) in [5.41, 5.74) is 1.04. The maximum Gasteiger partial charge on any atom is 0.306 e. The molecular formula is C19H27NO5. The highest BCUT2D eigenvalue weighted by molar-refractivity contribution is 5.79. The number of ether oxygens (including phenoxy) is 1. The fourth-order valence-electron chi connectivity index (χ4n) is 3.24. The minimum Gasteiger partial charge on any atom is -0.481 e. The van der Waals surface area contributed by atoms with Gasteiger partial charge in [0.2, 0.25) is 5.91 Å². The first-order valence-corrected chi connectivity index (χ1v) is 8.75. The van der Waals surface area contributed by atoms with Crippen LogP contribution in [0.15, 0.2) is 30.3 Å². The van der Waals surface area contributed by atoms with Crippen LogP contribution >= 0.6 is 0 Å². The van der Waals surface area contributed by atoms with Gasteiger partial charge in [0, 0.05) is 19.5 Å². The monoisotopic (exact) mass is 349 g/mol. The summed E-state index contributed by atoms with van der Waals surface area (Å²) in [6.45, 7) is 0.805. The lowest BCUT2D eigenvalue weighted by Gasteiger charge is -2.29. The zero-order chi connectivity index (χ0) is 18.2. The van der Waals surface area contributed by atoms with Crippen molar-refractivity contribution in [1.82, 2.24) is 4.90 Å². The summed E-state index contributed by atoms with van der Waals surface area (Å²) in [5, 5.41) is 19.1. The van der Waals surface area contributed by atoms with E-state index in [9.17, 15) is 14.7 Å². The van der Waals surface area contributed by atoms with E-state index in [2.05, 4.69) is 0 Å². The number of carbonyl (C=O) groups is 2. The molecule has 0 spiro atoms. The van der Waals surface area contributed by atoms with Crippen LogP contribution in [0.3, 0.4) is 0 Å². The average molecular weight is 349 g/mol. The molecule has 2 N–H and O–H groups in total. The Morgan fingerprint density at radius 1 is 1.16 bits per heavy atom. The van der Waals surface area contributed by atoms with Crippen molar-refractivity contribution in [2.24, 2.45) is 11.8 Å². The number of carbonyl (C=O) groups excluding carboxylic acids is 1. The molecule has 0 aromatic heterocycles. The summed E-state index contributed by atoms with van der Waals surface area (Å²) in [4.78, 5) is 24.9. The zero-order valence-electron chi connectivity index (χ0n) is 14.6. The molecule has 1 unspecified atom stereocenters. The number of hydrogen-bond acceptors (Lipinski definition) is 4. The highest BCUT2D eigenvalue weighted by atomic mass is 16.5. The molecule has 25 heavy (non-hydrogen) atoms. The third kappa shape index (κ3) is 6.14. The van der Waals surface area contributed by atoms with Gasteiger partial charge in [-0.25, -0.2) is 0 Å². The first-order chi connectivity index (χ1) is 12.0. The van der Waals surface area contributed by atoms with Gasteiger partial charge in [-0.2, -0.15) is 0 Å². The zero-order valence-corrected chi connectivity index (χ0v) is 14.6. The number of rotatable bonds is 8. The summed E-state index contributed by atoms with van der Waals surface area (Å²) in [6.07, 6.45) is 1.54. The standard InChI is InChI=1S/C19H27NO5/c1-20(18(22)15-7-9-16(10-8-15)19(23)24)11-17(21)13-25-12-14-5-3-2-4-6-14/h2-6,15-17,21H,7-13H2,1H3,(H,23,24). The van der Waals surface area contributed by atoms with Crippen LogP contribution in [0.2, 0.25) is 0 Å². The Bertz CT molecular complexity index is 554. The maximum atomic E-state index is 12.4. The van der Waals surface area contributed by atoms with Crippen LogP contribution in [0, 0.1) is 11.8 Å². The van der Waals surface area contributed by atoms with Crippen molar-refractivity contribution < 1.29 is 24.5 Å². The molecule has 1 amide bonds. The summed E-state index contributed by atoms with van der Waals surface area (Å²) >= 11 is 0. The summed E-state index contributed by atoms with van der Waals surface area (Å²) in [5.74, 6) is -1.26. The smallest absolute Gasteiger partial charge is 0.306 e. The van der Waals surface area contributed by atoms with Gasteiger partial charge in [0.15, 0.2) is 0 Å². The molecule has 1 fully saturated rings. The molecule has 1 aromatic carbocycles. The minimum absolute atomic E-state index is 0.0223. The van der Waals surface area contributed by atoms with Crippen molar-refractivity contribution >= 4 is 11.9 Å². The second kappa shape index (κ2) is 9.53. The Morgan fingerprint density at radius 2 is 1.76 bits per heavy atom. The lowest BCUT2D eigenvalue weighted by molar-refractivity contribution is -0.145. The predicted molar refractivity (Wildman–Crippen MR) is 92.8 cm³/mol. The van der Waals surface area contributed by atoms with Crippen LogP contribution < -0.4 is 0 Å². The van der Waals surface area contributed by atoms with Gasteiger partial charge in [-0.05, 0) is 31.2 Å². The molecule has 1 atom stereocenters. The van der Waals surface area contributed by atoms with E-state index in [0.29, 0.717) is 32.3 Å². The van der Waals surface area contributed by atoms with Gasteiger partial charge in [0.05, 0.1) is 25.2 Å². The lowest BCUT2D eigenvalue weighted by Crippen LogP contribution is -2.41. The quantitative estimate of drug-likeness (QED) is 0.749. The van der Waals surface area contributed by atoms with Crippen molar-refractivity contribution in [3.05, 3.63) is 35.9 Å². The van der Waals surface area contributed by atoms with E-state index >= 15 is 0 Å². The van der Waals surface area contributed by atoms with E-state index < -0.39 is 12.1 Å². The van der Waals surface area contributed by atoms with Gasteiger partial charge >= 0.3 is 5.97 Å². The number of aliphatic hydroxyl groups is 1. The van der Waals surface area contributed by atoms with E-state index in [1.807, 2.05) is 30.3 Å². The molecular weight excluding hydrogens is 322 g/mol. The molecule has 1 aliphatic rings. The molecule has 1 saturated carbocycles. The Labute approximate surface area is 148 Å². The highest BCUT2D eigenvalue weighted by Gasteiger charge is 2.31. The fraction of sp³-hybridized carbons (Fsp3) is 0.579. The second-order valence-corrected chi connectivity index (χ2v) is 6.76. The van der Waals surface area contributed by atoms with Gasteiger partial charge in [0.1, 0.15) is 0 Å². The number of carboxylic acids is 1. The van der Waals surface area contributed by atoms with Crippen molar-refractivity contribution in [3.63, 3.8) is 0 Å². The van der Waals surface area contributed by atoms with E-state index in [0.717, 1.165) is 5.56 Å². The van der Waals surface area contributed by atoms with Crippen LogP contribution in [0.4, 0.5) is 0 Å². The first kappa shape index (κ1) is 19.4. The number of benzene rings is 1. The van der Waals surface area contributed by atoms with Gasteiger partial charge in [-0.15, -0.1) is 0 Å². The Morgan fingerprint density at radius 3 is 2.36 bits per heavy atom. The fourth-order valence-corrected chi connectivity index (χ4v) is 3.24. The molecule has 0 bridgehead atoms. The normalized spacial score (nSPS) is 21.5. The summed E-state index contributed by atoms with van der Waals surface area (Å²) in [7, 11) is 1.67. The second-order valence-electron chi connectivity index (χ2n) is 6.76. The van der Waals surface area contributed by atoms with Gasteiger partial charge in [-0.3, -0.25) is 9.59 Å². The third-order valence-corrected chi connectivity index (χ3v) is 4.71. The minimum atomic E-state index is -0.773. The molecule has 1 aliphatic carbocycles. The molecule has 6 heteroatoms. The number of aliphatic hydroxyl groups excluding tert-OH is 1. The number of amides is 1. The Balaban J connectivity index is 1.68. The predicted octanol–water partition coefficient (Wildman–Crippen LogP) is 1.91. The molecule has 2 rings (SSSR count). The largest absolute Gasteiger partial charge is 0.481 e. The molecule has 1 aromatic rings. The molecule has 6 nitrogen and oxygen atoms in total. The lowest BCUT2D eigenvalue weighted by atomic mass is 9.81. The van der Waals surface area contributed by atoms with E-state index in [1.165, 1.54) is 4.90 Å². The first-order valence-electron chi connectivity index (χ1n) is 8.75. The number of likely N-dealkylation sites (N-methyl/N-ethyl adjacent to an activating group) is 1. The van der Waals surface area contributed by atoms with Gasteiger partial charge in [0.25, 0.3) is 0 Å². The number of nitrogens with zero attached hydrogens (tertiary/aromatic N) is 1. The maximum absolute atomic E-state index is 12.4. The SMILES string of the molecule is CN(CC(O)COCc1ccccc1)C(=O)C1CCC(C(=O)O)CC1. The third-order valence-electron chi connectivity index (χ3n) is 4.71. The van der Waals surface area contributed by atoms with Crippen molar-refractivity contribution in [2.45, 2.75) is 38.4 Å². The molecule has 0 radical (unpaired) electrons. The van der Waals surface area contributed by atoms with Crippen molar-refractivity contribution in [1.29, 1.82) is 0 Å². The van der Waals surface area contributed by atoms with Crippen LogP contribution in [0.5, 0.6) is 0 Å². The molecule has 0 saturated heterocycles. The number of aliphatic carboxylic acids is 1. The van der Waals surface area contributed by atoms with Crippen molar-refractivity contribution in [3.8, 4) is 0 Å². The average Bonchev–Trinajstić information content (AvgIpc) is 2.62. The Hall–Kier alpha value is -1.92. The van der Waals surface area contributed by atoms with E-state index in [1.54, 1.807) is 7.05 Å². The van der Waals surface area contributed by atoms with Crippen LogP contribution in [-0.4, -0.2) is 53.3 Å². The molecule has 0 aliphatic heterocycles. The van der Waals surface area contributed by atoms with Crippen LogP contribution in [0.1, 0.15) is 31.2 Å². The topological polar surface area (TPSA) is 87.1 Å². The van der Waals surface area contributed by atoms with Gasteiger partial charge in [-0.1, -0.05) is 30.3 Å². The van der Waals surface area contributed by atoms with Gasteiger partial charge < -0.3 is 19.8 Å². The summed E-state index contributed by atoms with van der Waals surface area (Å²) in [6, 6.07) is 9.70. The summed E-state index contributed by atoms with van der Waals surface area (Å²) < 4.78 is 5.49. The highest BCUT2D eigenvalue weighted by Crippen LogP contribution is 2.30. The van der Waals surface area contributed by atoms with Crippen molar-refractivity contribution in [2.75, 3.05) is 20.2 Å². The molecule has 0 heterocycles. The number of carboxylic acid groups (broad SMARTS) is 1.